The average Bonchev–Trinajstić information content (AvgIpc) is 3.23. The molecule has 8 nitrogen and oxygen atoms in total. The fourth-order valence-corrected chi connectivity index (χ4v) is 2.55. The maximum Gasteiger partial charge on any atom is 0.305 e. The van der Waals surface area contributed by atoms with Crippen LogP contribution in [0.25, 0.3) is 0 Å². The number of thioether (sulfide) groups is 1. The minimum absolute atomic E-state index is 0.0660. The zero-order valence-electron chi connectivity index (χ0n) is 14.8. The van der Waals surface area contributed by atoms with Crippen molar-refractivity contribution in [3.05, 3.63) is 54.5 Å². The molecule has 0 spiro atoms. The summed E-state index contributed by atoms with van der Waals surface area (Å²) in [6.07, 6.45) is 3.65. The Morgan fingerprint density at radius 2 is 1.89 bits per heavy atom. The highest BCUT2D eigenvalue weighted by Gasteiger charge is 2.21. The van der Waals surface area contributed by atoms with Crippen molar-refractivity contribution in [1.82, 2.24) is 16.2 Å². The van der Waals surface area contributed by atoms with E-state index in [0.717, 1.165) is 0 Å². The second-order valence-electron chi connectivity index (χ2n) is 5.42. The minimum atomic E-state index is -0.804. The normalized spacial score (nSPS) is 11.3. The first-order valence-electron chi connectivity index (χ1n) is 8.20. The minimum Gasteiger partial charge on any atom is -0.484 e. The summed E-state index contributed by atoms with van der Waals surface area (Å²) in [6.45, 7) is -0.216. The van der Waals surface area contributed by atoms with Gasteiger partial charge in [-0.2, -0.15) is 11.8 Å². The molecule has 0 bridgehead atoms. The lowest BCUT2D eigenvalue weighted by Crippen LogP contribution is -2.53. The molecule has 1 aromatic carbocycles. The average molecular weight is 391 g/mol. The van der Waals surface area contributed by atoms with Crippen LogP contribution in [0.3, 0.4) is 0 Å². The van der Waals surface area contributed by atoms with Gasteiger partial charge in [0.15, 0.2) is 12.4 Å². The predicted molar refractivity (Wildman–Crippen MR) is 101 cm³/mol. The number of rotatable bonds is 9. The van der Waals surface area contributed by atoms with Gasteiger partial charge in [0.25, 0.3) is 11.8 Å². The monoisotopic (exact) mass is 391 g/mol. The van der Waals surface area contributed by atoms with Gasteiger partial charge in [-0.25, -0.2) is 0 Å². The van der Waals surface area contributed by atoms with E-state index in [4.69, 9.17) is 9.15 Å². The Balaban J connectivity index is 1.83. The Labute approximate surface area is 161 Å². The number of benzene rings is 1. The van der Waals surface area contributed by atoms with Crippen LogP contribution in [0.5, 0.6) is 5.75 Å². The standard InChI is InChI=1S/C18H21N3O5S/c1-27-11-9-14(17(23)20-21-18(24)15-8-5-10-25-15)19-16(22)12-26-13-6-3-2-4-7-13/h2-8,10,14H,9,11-12H2,1H3,(H,19,22)(H,20,23)(H,21,24)/t14-/m1/s1. The molecule has 0 aliphatic rings. The highest BCUT2D eigenvalue weighted by atomic mass is 32.2. The molecule has 0 saturated heterocycles. The van der Waals surface area contributed by atoms with Crippen molar-refractivity contribution in [3.63, 3.8) is 0 Å². The summed E-state index contributed by atoms with van der Waals surface area (Å²) in [5.74, 6) is -0.269. The van der Waals surface area contributed by atoms with Gasteiger partial charge < -0.3 is 14.5 Å². The van der Waals surface area contributed by atoms with Crippen molar-refractivity contribution >= 4 is 29.5 Å². The molecule has 1 atom stereocenters. The molecule has 0 saturated carbocycles. The first-order valence-corrected chi connectivity index (χ1v) is 9.59. The fraction of sp³-hybridized carbons (Fsp3) is 0.278. The lowest BCUT2D eigenvalue weighted by Gasteiger charge is -2.18. The van der Waals surface area contributed by atoms with Crippen molar-refractivity contribution in [1.29, 1.82) is 0 Å². The number of hydrazine groups is 1. The molecule has 9 heteroatoms. The predicted octanol–water partition coefficient (Wildman–Crippen LogP) is 1.36. The van der Waals surface area contributed by atoms with E-state index >= 15 is 0 Å². The maximum absolute atomic E-state index is 12.3. The Kier molecular flexibility index (Phi) is 8.24. The van der Waals surface area contributed by atoms with Crippen LogP contribution in [0.15, 0.2) is 53.1 Å². The first-order chi connectivity index (χ1) is 13.1. The topological polar surface area (TPSA) is 110 Å². The van der Waals surface area contributed by atoms with Gasteiger partial charge in [0.2, 0.25) is 0 Å². The molecule has 1 aromatic heterocycles. The molecule has 1 heterocycles. The van der Waals surface area contributed by atoms with Gasteiger partial charge in [-0.1, -0.05) is 18.2 Å². The molecule has 0 fully saturated rings. The number of furan rings is 1. The van der Waals surface area contributed by atoms with Gasteiger partial charge in [0.05, 0.1) is 6.26 Å². The molecule has 27 heavy (non-hydrogen) atoms. The van der Waals surface area contributed by atoms with E-state index in [1.54, 1.807) is 42.1 Å². The van der Waals surface area contributed by atoms with Crippen molar-refractivity contribution < 1.29 is 23.5 Å². The molecule has 3 N–H and O–H groups in total. The molecule has 0 aliphatic heterocycles. The Morgan fingerprint density at radius 1 is 1.11 bits per heavy atom. The summed E-state index contributed by atoms with van der Waals surface area (Å²) in [4.78, 5) is 36.2. The Morgan fingerprint density at radius 3 is 2.56 bits per heavy atom. The van der Waals surface area contributed by atoms with Crippen LogP contribution in [0.1, 0.15) is 17.0 Å². The van der Waals surface area contributed by atoms with Crippen LogP contribution < -0.4 is 20.9 Å². The largest absolute Gasteiger partial charge is 0.484 e. The summed E-state index contributed by atoms with van der Waals surface area (Å²) < 4.78 is 10.3. The number of nitrogens with one attached hydrogen (secondary N) is 3. The molecule has 3 amide bonds. The lowest BCUT2D eigenvalue weighted by molar-refractivity contribution is -0.130. The molecule has 0 radical (unpaired) electrons. The summed E-state index contributed by atoms with van der Waals surface area (Å²) in [6, 6.07) is 11.1. The van der Waals surface area contributed by atoms with Crippen LogP contribution in [0, 0.1) is 0 Å². The number of para-hydroxylation sites is 1. The number of hydrogen-bond acceptors (Lipinski definition) is 6. The number of carbonyl (C=O) groups is 3. The van der Waals surface area contributed by atoms with Gasteiger partial charge in [0.1, 0.15) is 11.8 Å². The van der Waals surface area contributed by atoms with Crippen molar-refractivity contribution in [2.75, 3.05) is 18.6 Å². The molecular formula is C18H21N3O5S. The van der Waals surface area contributed by atoms with Gasteiger partial charge in [-0.3, -0.25) is 25.2 Å². The summed E-state index contributed by atoms with van der Waals surface area (Å²) in [5.41, 5.74) is 4.55. The Hall–Kier alpha value is -2.94. The molecule has 0 unspecified atom stereocenters. The van der Waals surface area contributed by atoms with E-state index in [1.807, 2.05) is 12.3 Å². The first kappa shape index (κ1) is 20.4. The highest BCUT2D eigenvalue weighted by Crippen LogP contribution is 2.08. The Bertz CT molecular complexity index is 737. The van der Waals surface area contributed by atoms with E-state index in [0.29, 0.717) is 17.9 Å². The number of ether oxygens (including phenoxy) is 1. The molecule has 2 aromatic rings. The van der Waals surface area contributed by atoms with E-state index in [1.165, 1.54) is 12.3 Å². The molecule has 144 valence electrons. The number of hydrogen-bond donors (Lipinski definition) is 3. The van der Waals surface area contributed by atoms with E-state index in [2.05, 4.69) is 16.2 Å². The second-order valence-corrected chi connectivity index (χ2v) is 6.41. The van der Waals surface area contributed by atoms with Gasteiger partial charge in [-0.05, 0) is 42.7 Å². The van der Waals surface area contributed by atoms with E-state index in [-0.39, 0.29) is 12.4 Å². The number of amides is 3. The third kappa shape index (κ3) is 7.06. The van der Waals surface area contributed by atoms with Crippen LogP contribution in [0.2, 0.25) is 0 Å². The quantitative estimate of drug-likeness (QED) is 0.557. The highest BCUT2D eigenvalue weighted by molar-refractivity contribution is 7.98. The van der Waals surface area contributed by atoms with Crippen molar-refractivity contribution in [2.24, 2.45) is 0 Å². The zero-order valence-corrected chi connectivity index (χ0v) is 15.6. The summed E-state index contributed by atoms with van der Waals surface area (Å²) in [5, 5.41) is 2.62. The van der Waals surface area contributed by atoms with Gasteiger partial charge in [0, 0.05) is 0 Å². The summed E-state index contributed by atoms with van der Waals surface area (Å²) >= 11 is 1.54. The molecule has 2 rings (SSSR count). The zero-order chi connectivity index (χ0) is 19.5. The third-order valence-corrected chi connectivity index (χ3v) is 4.06. The number of carbonyl (C=O) groups excluding carboxylic acids is 3. The van der Waals surface area contributed by atoms with Crippen LogP contribution in [-0.2, 0) is 9.59 Å². The smallest absolute Gasteiger partial charge is 0.305 e. The van der Waals surface area contributed by atoms with Crippen LogP contribution >= 0.6 is 11.8 Å². The van der Waals surface area contributed by atoms with Gasteiger partial charge >= 0.3 is 5.91 Å². The van der Waals surface area contributed by atoms with Crippen LogP contribution in [-0.4, -0.2) is 42.4 Å². The second kappa shape index (κ2) is 10.9. The third-order valence-electron chi connectivity index (χ3n) is 3.42. The lowest BCUT2D eigenvalue weighted by atomic mass is 10.2. The summed E-state index contributed by atoms with van der Waals surface area (Å²) in [7, 11) is 0. The molecule has 0 aliphatic carbocycles. The van der Waals surface area contributed by atoms with Crippen molar-refractivity contribution in [2.45, 2.75) is 12.5 Å². The SMILES string of the molecule is CSCC[C@@H](NC(=O)COc1ccccc1)C(=O)NNC(=O)c1ccco1. The van der Waals surface area contributed by atoms with Gasteiger partial charge in [-0.15, -0.1) is 0 Å². The van der Waals surface area contributed by atoms with E-state index in [9.17, 15) is 14.4 Å². The fourth-order valence-electron chi connectivity index (χ4n) is 2.08. The van der Waals surface area contributed by atoms with Crippen molar-refractivity contribution in [3.8, 4) is 5.75 Å². The molecular weight excluding hydrogens is 370 g/mol. The maximum atomic E-state index is 12.3. The van der Waals surface area contributed by atoms with Crippen LogP contribution in [0.4, 0.5) is 0 Å². The van der Waals surface area contributed by atoms with E-state index < -0.39 is 23.8 Å².